The third-order valence-electron chi connectivity index (χ3n) is 5.56. The van der Waals surface area contributed by atoms with E-state index in [0.29, 0.717) is 23.4 Å². The second kappa shape index (κ2) is 10.3. The Labute approximate surface area is 206 Å². The monoisotopic (exact) mass is 488 g/mol. The molecule has 10 nitrogen and oxygen atoms in total. The third-order valence-corrected chi connectivity index (χ3v) is 5.56. The zero-order valence-electron chi connectivity index (χ0n) is 20.0. The average molecular weight is 489 g/mol. The van der Waals surface area contributed by atoms with Gasteiger partial charge in [0.05, 0.1) is 5.56 Å². The van der Waals surface area contributed by atoms with Gasteiger partial charge in [-0.3, -0.25) is 9.59 Å². The molecule has 4 rings (SSSR count). The summed E-state index contributed by atoms with van der Waals surface area (Å²) in [6, 6.07) is 14.3. The fraction of sp³-hybridized carbons (Fsp3) is 0.231. The Morgan fingerprint density at radius 3 is 2.14 bits per heavy atom. The summed E-state index contributed by atoms with van der Waals surface area (Å²) in [7, 11) is 0. The molecular formula is C26H24N4O6. The lowest BCUT2D eigenvalue weighted by molar-refractivity contribution is -0.135. The van der Waals surface area contributed by atoms with Crippen LogP contribution >= 0.6 is 0 Å². The van der Waals surface area contributed by atoms with Gasteiger partial charge in [0.25, 0.3) is 11.8 Å². The number of benzene rings is 2. The molecule has 0 aliphatic heterocycles. The van der Waals surface area contributed by atoms with Gasteiger partial charge in [-0.05, 0) is 29.7 Å². The SMILES string of the molecule is CCC(=O)Oc1nnc(OC(=O)CC)c2c1nc(C)n2Cc1ccc(-c2ccccc2C(=O)O)cc1. The number of esters is 2. The van der Waals surface area contributed by atoms with Gasteiger partial charge in [0.2, 0.25) is 0 Å². The normalized spacial score (nSPS) is 10.9. The number of hydrogen-bond donors (Lipinski definition) is 1. The summed E-state index contributed by atoms with van der Waals surface area (Å²) >= 11 is 0. The number of carboxylic acids is 1. The smallest absolute Gasteiger partial charge is 0.336 e. The van der Waals surface area contributed by atoms with Gasteiger partial charge in [-0.2, -0.15) is 0 Å². The average Bonchev–Trinajstić information content (AvgIpc) is 3.21. The fourth-order valence-corrected chi connectivity index (χ4v) is 3.70. The molecule has 0 unspecified atom stereocenters. The highest BCUT2D eigenvalue weighted by atomic mass is 16.6. The van der Waals surface area contributed by atoms with Crippen molar-refractivity contribution in [2.24, 2.45) is 0 Å². The van der Waals surface area contributed by atoms with Gasteiger partial charge in [0.15, 0.2) is 5.52 Å². The molecule has 184 valence electrons. The minimum absolute atomic E-state index is 0.0271. The Morgan fingerprint density at radius 2 is 1.50 bits per heavy atom. The summed E-state index contributed by atoms with van der Waals surface area (Å²) in [6.07, 6.45) is 0.287. The molecule has 0 atom stereocenters. The number of aromatic nitrogens is 4. The quantitative estimate of drug-likeness (QED) is 0.363. The predicted molar refractivity (Wildman–Crippen MR) is 130 cm³/mol. The molecule has 0 saturated heterocycles. The van der Waals surface area contributed by atoms with Gasteiger partial charge in [0, 0.05) is 19.4 Å². The largest absolute Gasteiger partial charge is 0.478 e. The van der Waals surface area contributed by atoms with E-state index in [9.17, 15) is 19.5 Å². The van der Waals surface area contributed by atoms with Gasteiger partial charge >= 0.3 is 17.9 Å². The van der Waals surface area contributed by atoms with Crippen LogP contribution in [0.3, 0.4) is 0 Å². The predicted octanol–water partition coefficient (Wildman–Crippen LogP) is 4.18. The van der Waals surface area contributed by atoms with Crippen molar-refractivity contribution >= 4 is 28.9 Å². The minimum atomic E-state index is -0.995. The number of ether oxygens (including phenoxy) is 2. The topological polar surface area (TPSA) is 133 Å². The van der Waals surface area contributed by atoms with Gasteiger partial charge in [0.1, 0.15) is 11.3 Å². The van der Waals surface area contributed by atoms with Crippen LogP contribution in [0.2, 0.25) is 0 Å². The minimum Gasteiger partial charge on any atom is -0.478 e. The Hall–Kier alpha value is -4.60. The molecule has 1 N–H and O–H groups in total. The number of carbonyl (C=O) groups excluding carboxylic acids is 2. The number of hydrogen-bond acceptors (Lipinski definition) is 8. The Bertz CT molecular complexity index is 1460. The molecule has 2 aromatic carbocycles. The summed E-state index contributed by atoms with van der Waals surface area (Å²) in [5.74, 6) is -1.49. The van der Waals surface area contributed by atoms with Crippen LogP contribution in [-0.4, -0.2) is 42.8 Å². The molecule has 0 fully saturated rings. The lowest BCUT2D eigenvalue weighted by Crippen LogP contribution is -2.12. The van der Waals surface area contributed by atoms with E-state index in [1.807, 2.05) is 24.3 Å². The zero-order valence-corrected chi connectivity index (χ0v) is 20.0. The second-order valence-electron chi connectivity index (χ2n) is 7.96. The number of nitrogens with zero attached hydrogens (tertiary/aromatic N) is 4. The molecule has 36 heavy (non-hydrogen) atoms. The van der Waals surface area contributed by atoms with E-state index in [2.05, 4.69) is 15.2 Å². The van der Waals surface area contributed by atoms with Crippen molar-refractivity contribution in [3.8, 4) is 22.9 Å². The molecule has 2 heterocycles. The maximum atomic E-state index is 12.0. The first-order chi connectivity index (χ1) is 17.3. The van der Waals surface area contributed by atoms with E-state index in [4.69, 9.17) is 9.47 Å². The molecule has 4 aromatic rings. The summed E-state index contributed by atoms with van der Waals surface area (Å²) in [5, 5.41) is 17.4. The van der Waals surface area contributed by atoms with Crippen LogP contribution in [0.1, 0.15) is 48.4 Å². The maximum Gasteiger partial charge on any atom is 0.336 e. The van der Waals surface area contributed by atoms with Crippen molar-refractivity contribution in [1.82, 2.24) is 19.7 Å². The number of rotatable bonds is 8. The van der Waals surface area contributed by atoms with Crippen molar-refractivity contribution in [3.05, 3.63) is 65.5 Å². The molecule has 0 saturated carbocycles. The Balaban J connectivity index is 1.74. The molecule has 0 aliphatic carbocycles. The summed E-state index contributed by atoms with van der Waals surface area (Å²) < 4.78 is 12.5. The van der Waals surface area contributed by atoms with Gasteiger partial charge in [-0.1, -0.05) is 56.3 Å². The van der Waals surface area contributed by atoms with Crippen LogP contribution < -0.4 is 9.47 Å². The number of carbonyl (C=O) groups is 3. The van der Waals surface area contributed by atoms with Crippen LogP contribution in [0.5, 0.6) is 11.8 Å². The van der Waals surface area contributed by atoms with Crippen LogP contribution in [0.25, 0.3) is 22.2 Å². The van der Waals surface area contributed by atoms with E-state index in [1.54, 1.807) is 49.6 Å². The van der Waals surface area contributed by atoms with Crippen molar-refractivity contribution in [3.63, 3.8) is 0 Å². The number of fused-ring (bicyclic) bond motifs is 1. The first-order valence-electron chi connectivity index (χ1n) is 11.4. The van der Waals surface area contributed by atoms with Gasteiger partial charge in [-0.15, -0.1) is 10.2 Å². The van der Waals surface area contributed by atoms with Crippen molar-refractivity contribution in [2.75, 3.05) is 0 Å². The molecule has 10 heteroatoms. The van der Waals surface area contributed by atoms with E-state index in [1.165, 1.54) is 0 Å². The van der Waals surface area contributed by atoms with Crippen molar-refractivity contribution in [2.45, 2.75) is 40.2 Å². The first kappa shape index (κ1) is 24.5. The molecule has 2 aromatic heterocycles. The summed E-state index contributed by atoms with van der Waals surface area (Å²) in [6.45, 7) is 5.44. The van der Waals surface area contributed by atoms with Crippen molar-refractivity contribution < 1.29 is 29.0 Å². The van der Waals surface area contributed by atoms with Gasteiger partial charge in [-0.25, -0.2) is 9.78 Å². The molecule has 0 aliphatic rings. The highest BCUT2D eigenvalue weighted by molar-refractivity contribution is 5.96. The zero-order chi connectivity index (χ0) is 25.8. The first-order valence-corrected chi connectivity index (χ1v) is 11.4. The highest BCUT2D eigenvalue weighted by Gasteiger charge is 2.23. The second-order valence-corrected chi connectivity index (χ2v) is 7.96. The van der Waals surface area contributed by atoms with Crippen LogP contribution in [0.15, 0.2) is 48.5 Å². The third kappa shape index (κ3) is 4.92. The van der Waals surface area contributed by atoms with E-state index < -0.39 is 17.9 Å². The molecular weight excluding hydrogens is 464 g/mol. The van der Waals surface area contributed by atoms with Crippen LogP contribution in [0, 0.1) is 6.92 Å². The lowest BCUT2D eigenvalue weighted by Gasteiger charge is -2.11. The van der Waals surface area contributed by atoms with E-state index in [-0.39, 0.29) is 35.7 Å². The number of carboxylic acid groups (broad SMARTS) is 1. The highest BCUT2D eigenvalue weighted by Crippen LogP contribution is 2.31. The van der Waals surface area contributed by atoms with E-state index >= 15 is 0 Å². The summed E-state index contributed by atoms with van der Waals surface area (Å²) in [4.78, 5) is 40.0. The summed E-state index contributed by atoms with van der Waals surface area (Å²) in [5.41, 5.74) is 3.12. The standard InChI is InChI=1S/C26H24N4O6/c1-4-20(31)35-24-22-23(25(29-28-24)36-21(32)5-2)30(15(3)27-22)14-16-10-12-17(13-11-16)18-8-6-7-9-19(18)26(33)34/h6-13H,4-5,14H2,1-3H3,(H,33,34). The molecule has 0 spiro atoms. The lowest BCUT2D eigenvalue weighted by atomic mass is 9.99. The van der Waals surface area contributed by atoms with Crippen LogP contribution in [-0.2, 0) is 16.1 Å². The van der Waals surface area contributed by atoms with Crippen LogP contribution in [0.4, 0.5) is 0 Å². The number of imidazole rings is 1. The van der Waals surface area contributed by atoms with Gasteiger partial charge < -0.3 is 19.1 Å². The van der Waals surface area contributed by atoms with Crippen molar-refractivity contribution in [1.29, 1.82) is 0 Å². The number of aryl methyl sites for hydroxylation is 1. The Morgan fingerprint density at radius 1 is 0.889 bits per heavy atom. The molecule has 0 amide bonds. The fourth-order valence-electron chi connectivity index (χ4n) is 3.70. The van der Waals surface area contributed by atoms with E-state index in [0.717, 1.165) is 11.1 Å². The molecule has 0 bridgehead atoms. The Kier molecular flexibility index (Phi) is 7.05. The molecule has 0 radical (unpaired) electrons. The number of aromatic carboxylic acids is 1. The maximum absolute atomic E-state index is 12.0.